The van der Waals surface area contributed by atoms with Crippen LogP contribution in [0.3, 0.4) is 0 Å². The normalized spacial score (nSPS) is 10.8. The van der Waals surface area contributed by atoms with E-state index in [-0.39, 0.29) is 17.4 Å². The van der Waals surface area contributed by atoms with E-state index in [0.717, 1.165) is 16.9 Å². The average Bonchev–Trinajstić information content (AvgIpc) is 3.14. The summed E-state index contributed by atoms with van der Waals surface area (Å²) in [5.41, 5.74) is 3.25. The van der Waals surface area contributed by atoms with E-state index in [9.17, 15) is 13.6 Å². The molecule has 0 saturated heterocycles. The molecule has 6 nitrogen and oxygen atoms in total. The Morgan fingerprint density at radius 3 is 2.52 bits per heavy atom. The number of aryl methyl sites for hydroxylation is 1. The van der Waals surface area contributed by atoms with Crippen molar-refractivity contribution < 1.29 is 23.0 Å². The molecule has 1 aromatic heterocycles. The predicted octanol–water partition coefficient (Wildman–Crippen LogP) is 3.76. The summed E-state index contributed by atoms with van der Waals surface area (Å²) in [5.74, 6) is -0.000203. The molecular weight excluding hydrogens is 380 g/mol. The number of nitrogens with zero attached hydrogens (tertiary/aromatic N) is 2. The second-order valence-electron chi connectivity index (χ2n) is 6.30. The molecule has 0 bridgehead atoms. The van der Waals surface area contributed by atoms with Crippen molar-refractivity contribution in [2.24, 2.45) is 0 Å². The van der Waals surface area contributed by atoms with Gasteiger partial charge in [0.25, 0.3) is 5.91 Å². The van der Waals surface area contributed by atoms with Crippen molar-refractivity contribution >= 4 is 5.91 Å². The molecule has 1 amide bonds. The Labute approximate surface area is 167 Å². The summed E-state index contributed by atoms with van der Waals surface area (Å²) < 4.78 is 36.0. The van der Waals surface area contributed by atoms with Gasteiger partial charge in [-0.3, -0.25) is 4.79 Å². The van der Waals surface area contributed by atoms with E-state index in [4.69, 9.17) is 4.74 Å². The zero-order valence-corrected chi connectivity index (χ0v) is 16.1. The minimum absolute atomic E-state index is 0.0252. The summed E-state index contributed by atoms with van der Waals surface area (Å²) in [7, 11) is 1.38. The van der Waals surface area contributed by atoms with Gasteiger partial charge in [0, 0.05) is 24.0 Å². The number of alkyl halides is 2. The Bertz CT molecular complexity index is 972. The molecule has 0 aliphatic carbocycles. The van der Waals surface area contributed by atoms with Gasteiger partial charge in [-0.05, 0) is 61.4 Å². The SMILES string of the molecule is COc1cc(CCNC(=O)c2ccc(-n3nccc3C)cc2)ccc1OC(F)F. The summed E-state index contributed by atoms with van der Waals surface area (Å²) >= 11 is 0. The Balaban J connectivity index is 1.56. The topological polar surface area (TPSA) is 65.4 Å². The van der Waals surface area contributed by atoms with Gasteiger partial charge in [-0.15, -0.1) is 0 Å². The number of halogens is 2. The van der Waals surface area contributed by atoms with E-state index in [1.807, 2.05) is 25.1 Å². The van der Waals surface area contributed by atoms with E-state index in [0.29, 0.717) is 18.5 Å². The van der Waals surface area contributed by atoms with Crippen LogP contribution in [-0.2, 0) is 6.42 Å². The predicted molar refractivity (Wildman–Crippen MR) is 104 cm³/mol. The smallest absolute Gasteiger partial charge is 0.387 e. The highest BCUT2D eigenvalue weighted by molar-refractivity contribution is 5.94. The standard InChI is InChI=1S/C21H21F2N3O3/c1-14-9-12-25-26(14)17-6-4-16(5-7-17)20(27)24-11-10-15-3-8-18(29-21(22)23)19(13-15)28-2/h3-9,12-13,21H,10-11H2,1-2H3,(H,24,27). The number of carbonyl (C=O) groups excluding carboxylic acids is 1. The number of nitrogens with one attached hydrogen (secondary N) is 1. The lowest BCUT2D eigenvalue weighted by atomic mass is 10.1. The van der Waals surface area contributed by atoms with Crippen LogP contribution in [0, 0.1) is 6.92 Å². The van der Waals surface area contributed by atoms with Crippen LogP contribution in [0.5, 0.6) is 11.5 Å². The third-order valence-corrected chi connectivity index (χ3v) is 4.35. The summed E-state index contributed by atoms with van der Waals surface area (Å²) in [6, 6.07) is 13.8. The van der Waals surface area contributed by atoms with Crippen LogP contribution < -0.4 is 14.8 Å². The fourth-order valence-corrected chi connectivity index (χ4v) is 2.88. The van der Waals surface area contributed by atoms with Gasteiger partial charge >= 0.3 is 6.61 Å². The highest BCUT2D eigenvalue weighted by atomic mass is 19.3. The Morgan fingerprint density at radius 1 is 1.14 bits per heavy atom. The van der Waals surface area contributed by atoms with Crippen LogP contribution in [0.25, 0.3) is 5.69 Å². The average molecular weight is 401 g/mol. The second-order valence-corrected chi connectivity index (χ2v) is 6.30. The number of hydrogen-bond donors (Lipinski definition) is 1. The maximum absolute atomic E-state index is 12.4. The molecule has 3 aromatic rings. The number of rotatable bonds is 8. The van der Waals surface area contributed by atoms with Crippen molar-refractivity contribution in [2.45, 2.75) is 20.0 Å². The molecule has 8 heteroatoms. The molecule has 3 rings (SSSR count). The molecule has 0 saturated carbocycles. The molecular formula is C21H21F2N3O3. The number of ether oxygens (including phenoxy) is 2. The first-order valence-corrected chi connectivity index (χ1v) is 8.99. The minimum atomic E-state index is -2.92. The molecule has 1 N–H and O–H groups in total. The second kappa shape index (κ2) is 9.18. The molecule has 0 unspecified atom stereocenters. The van der Waals surface area contributed by atoms with Gasteiger partial charge in [-0.2, -0.15) is 13.9 Å². The van der Waals surface area contributed by atoms with Gasteiger partial charge in [0.2, 0.25) is 0 Å². The molecule has 0 atom stereocenters. The number of hydrogen-bond acceptors (Lipinski definition) is 4. The third-order valence-electron chi connectivity index (χ3n) is 4.35. The Morgan fingerprint density at radius 2 is 1.90 bits per heavy atom. The monoisotopic (exact) mass is 401 g/mol. The fraction of sp³-hybridized carbons (Fsp3) is 0.238. The van der Waals surface area contributed by atoms with Crippen molar-refractivity contribution in [3.8, 4) is 17.2 Å². The van der Waals surface area contributed by atoms with Gasteiger partial charge in [-0.25, -0.2) is 4.68 Å². The van der Waals surface area contributed by atoms with Crippen molar-refractivity contribution in [3.63, 3.8) is 0 Å². The first-order valence-electron chi connectivity index (χ1n) is 8.99. The van der Waals surface area contributed by atoms with E-state index in [1.165, 1.54) is 13.2 Å². The molecule has 0 aliphatic heterocycles. The van der Waals surface area contributed by atoms with Gasteiger partial charge in [0.15, 0.2) is 11.5 Å². The summed E-state index contributed by atoms with van der Waals surface area (Å²) in [5, 5.41) is 7.08. The van der Waals surface area contributed by atoms with Crippen LogP contribution in [0.4, 0.5) is 8.78 Å². The summed E-state index contributed by atoms with van der Waals surface area (Å²) in [4.78, 5) is 12.3. The van der Waals surface area contributed by atoms with E-state index < -0.39 is 6.61 Å². The van der Waals surface area contributed by atoms with Gasteiger partial charge in [-0.1, -0.05) is 6.07 Å². The van der Waals surface area contributed by atoms with Crippen LogP contribution >= 0.6 is 0 Å². The molecule has 1 heterocycles. The number of methoxy groups -OCH3 is 1. The number of benzene rings is 2. The Hall–Kier alpha value is -3.42. The lowest BCUT2D eigenvalue weighted by molar-refractivity contribution is -0.0512. The molecule has 0 spiro atoms. The Kier molecular flexibility index (Phi) is 6.43. The van der Waals surface area contributed by atoms with Crippen molar-refractivity contribution in [2.75, 3.05) is 13.7 Å². The maximum atomic E-state index is 12.4. The van der Waals surface area contributed by atoms with Gasteiger partial charge in [0.05, 0.1) is 12.8 Å². The summed E-state index contributed by atoms with van der Waals surface area (Å²) in [6.45, 7) is -0.580. The number of carbonyl (C=O) groups is 1. The van der Waals surface area contributed by atoms with E-state index >= 15 is 0 Å². The zero-order chi connectivity index (χ0) is 20.8. The van der Waals surface area contributed by atoms with E-state index in [2.05, 4.69) is 15.2 Å². The van der Waals surface area contributed by atoms with Crippen LogP contribution in [0.2, 0.25) is 0 Å². The largest absolute Gasteiger partial charge is 0.493 e. The molecule has 0 radical (unpaired) electrons. The molecule has 0 fully saturated rings. The first-order chi connectivity index (χ1) is 14.0. The molecule has 29 heavy (non-hydrogen) atoms. The molecule has 152 valence electrons. The summed E-state index contributed by atoms with van der Waals surface area (Å²) in [6.07, 6.45) is 2.23. The van der Waals surface area contributed by atoms with Crippen molar-refractivity contribution in [1.82, 2.24) is 15.1 Å². The third kappa shape index (κ3) is 5.10. The molecule has 2 aromatic carbocycles. The molecule has 0 aliphatic rings. The van der Waals surface area contributed by atoms with Crippen LogP contribution in [0.15, 0.2) is 54.7 Å². The lowest BCUT2D eigenvalue weighted by Gasteiger charge is -2.12. The minimum Gasteiger partial charge on any atom is -0.493 e. The van der Waals surface area contributed by atoms with E-state index in [1.54, 1.807) is 35.1 Å². The highest BCUT2D eigenvalue weighted by Gasteiger charge is 2.11. The lowest BCUT2D eigenvalue weighted by Crippen LogP contribution is -2.25. The van der Waals surface area contributed by atoms with Gasteiger partial charge in [0.1, 0.15) is 0 Å². The van der Waals surface area contributed by atoms with Crippen molar-refractivity contribution in [3.05, 3.63) is 71.5 Å². The van der Waals surface area contributed by atoms with Crippen molar-refractivity contribution in [1.29, 1.82) is 0 Å². The van der Waals surface area contributed by atoms with Crippen LogP contribution in [-0.4, -0.2) is 36.0 Å². The highest BCUT2D eigenvalue weighted by Crippen LogP contribution is 2.29. The van der Waals surface area contributed by atoms with Crippen LogP contribution in [0.1, 0.15) is 21.6 Å². The first kappa shape index (κ1) is 20.3. The number of amides is 1. The van der Waals surface area contributed by atoms with Gasteiger partial charge < -0.3 is 14.8 Å². The maximum Gasteiger partial charge on any atom is 0.387 e. The fourth-order valence-electron chi connectivity index (χ4n) is 2.88. The zero-order valence-electron chi connectivity index (χ0n) is 16.1. The quantitative estimate of drug-likeness (QED) is 0.624. The number of aromatic nitrogens is 2.